The minimum atomic E-state index is -1.41. The molecule has 0 bridgehead atoms. The van der Waals surface area contributed by atoms with E-state index in [4.69, 9.17) is 33.2 Å². The average Bonchev–Trinajstić information content (AvgIpc) is 3.27. The largest absolute Gasteiger partial charge is 0.497 e. The Labute approximate surface area is 245 Å². The number of fused-ring (bicyclic) bond motifs is 2. The molecule has 226 valence electrons. The number of ether oxygens (including phenoxy) is 7. The number of hydrogen-bond donors (Lipinski definition) is 0. The molecule has 2 aliphatic rings. The lowest BCUT2D eigenvalue weighted by molar-refractivity contribution is -0.154. The fourth-order valence-corrected chi connectivity index (χ4v) is 4.80. The Balaban J connectivity index is 1.78. The Morgan fingerprint density at radius 3 is 2.52 bits per heavy atom. The quantitative estimate of drug-likeness (QED) is 0.305. The fraction of sp³-hybridized carbons (Fsp3) is 0.438. The van der Waals surface area contributed by atoms with Crippen LogP contribution in [-0.2, 0) is 23.7 Å². The molecular weight excluding hydrogens is 547 g/mol. The molecule has 1 saturated heterocycles. The van der Waals surface area contributed by atoms with Crippen LogP contribution >= 0.6 is 0 Å². The van der Waals surface area contributed by atoms with E-state index in [0.717, 1.165) is 0 Å². The van der Waals surface area contributed by atoms with Crippen molar-refractivity contribution >= 4 is 18.0 Å². The van der Waals surface area contributed by atoms with Crippen LogP contribution in [0.15, 0.2) is 60.4 Å². The molecule has 0 radical (unpaired) electrons. The van der Waals surface area contributed by atoms with Crippen LogP contribution in [0.1, 0.15) is 60.4 Å². The number of esters is 2. The van der Waals surface area contributed by atoms with Crippen LogP contribution in [0.3, 0.4) is 0 Å². The van der Waals surface area contributed by atoms with E-state index in [-0.39, 0.29) is 30.1 Å². The number of rotatable bonds is 6. The fourth-order valence-electron chi connectivity index (χ4n) is 4.80. The third kappa shape index (κ3) is 7.36. The van der Waals surface area contributed by atoms with Gasteiger partial charge in [-0.25, -0.2) is 14.0 Å². The lowest BCUT2D eigenvalue weighted by Gasteiger charge is -2.27. The second-order valence-corrected chi connectivity index (χ2v) is 10.6. The molecule has 9 nitrogen and oxygen atoms in total. The van der Waals surface area contributed by atoms with Crippen LogP contribution in [0.5, 0.6) is 11.5 Å². The number of carbonyl (C=O) groups is 2. The van der Waals surface area contributed by atoms with E-state index in [1.165, 1.54) is 20.3 Å². The molecule has 2 heterocycles. The first kappa shape index (κ1) is 31.2. The molecule has 2 unspecified atom stereocenters. The summed E-state index contributed by atoms with van der Waals surface area (Å²) in [6, 6.07) is 11.6. The SMILES string of the molecule is COCOc1cc(OC)cc2c1C(=O)O[C@@H](C)[C@H](C)/C=C(/F)C(OC(=O)c1ccccc1)C1OC(C)(C)O[C@H]1CC=C2. The van der Waals surface area contributed by atoms with Crippen molar-refractivity contribution in [2.24, 2.45) is 5.92 Å². The van der Waals surface area contributed by atoms with Crippen molar-refractivity contribution in [3.63, 3.8) is 0 Å². The topological polar surface area (TPSA) is 98.8 Å². The Morgan fingerprint density at radius 2 is 1.83 bits per heavy atom. The van der Waals surface area contributed by atoms with Gasteiger partial charge >= 0.3 is 11.9 Å². The molecule has 0 amide bonds. The van der Waals surface area contributed by atoms with Crippen molar-refractivity contribution in [1.82, 2.24) is 0 Å². The molecular formula is C32H37FO9. The number of halogens is 1. The number of cyclic esters (lactones) is 1. The molecule has 0 saturated carbocycles. The van der Waals surface area contributed by atoms with Crippen molar-refractivity contribution in [3.05, 3.63) is 77.1 Å². The first-order chi connectivity index (χ1) is 20.0. The predicted octanol–water partition coefficient (Wildman–Crippen LogP) is 5.88. The second-order valence-electron chi connectivity index (χ2n) is 10.6. The summed E-state index contributed by atoms with van der Waals surface area (Å²) in [5.74, 6) is -3.12. The minimum Gasteiger partial charge on any atom is -0.497 e. The van der Waals surface area contributed by atoms with Crippen LogP contribution < -0.4 is 9.47 Å². The second kappa shape index (κ2) is 13.5. The zero-order valence-corrected chi connectivity index (χ0v) is 24.6. The van der Waals surface area contributed by atoms with Gasteiger partial charge in [-0.3, -0.25) is 0 Å². The van der Waals surface area contributed by atoms with Gasteiger partial charge in [-0.05, 0) is 57.0 Å². The van der Waals surface area contributed by atoms with Crippen molar-refractivity contribution in [1.29, 1.82) is 0 Å². The highest BCUT2D eigenvalue weighted by molar-refractivity contribution is 5.97. The van der Waals surface area contributed by atoms with E-state index >= 15 is 4.39 Å². The molecule has 4 rings (SSSR count). The van der Waals surface area contributed by atoms with Gasteiger partial charge in [-0.15, -0.1) is 0 Å². The Kier molecular flexibility index (Phi) is 10.0. The highest BCUT2D eigenvalue weighted by Crippen LogP contribution is 2.37. The molecule has 2 aliphatic heterocycles. The summed E-state index contributed by atoms with van der Waals surface area (Å²) in [5.41, 5.74) is 0.914. The summed E-state index contributed by atoms with van der Waals surface area (Å²) in [6.07, 6.45) is 1.17. The van der Waals surface area contributed by atoms with Gasteiger partial charge in [0.1, 0.15) is 35.1 Å². The van der Waals surface area contributed by atoms with Crippen LogP contribution in [0.2, 0.25) is 0 Å². The van der Waals surface area contributed by atoms with Gasteiger partial charge in [-0.2, -0.15) is 0 Å². The highest BCUT2D eigenvalue weighted by atomic mass is 19.1. The van der Waals surface area contributed by atoms with Gasteiger partial charge in [0.2, 0.25) is 0 Å². The lowest BCUT2D eigenvalue weighted by atomic mass is 9.98. The molecule has 0 spiro atoms. The standard InChI is InChI=1S/C32H37FO9/c1-19-15-24(33)28(40-30(34)21-11-8-7-9-12-21)29-25(41-32(3,4)42-29)14-10-13-22-16-23(37-6)17-26(38-18-36-5)27(22)31(35)39-20(19)2/h7-13,15-17,19-20,25,28-29H,14,18H2,1-6H3/b13-10?,24-15+/t19-,20+,25+,28?,29?/m1/s1. The summed E-state index contributed by atoms with van der Waals surface area (Å²) < 4.78 is 56.0. The maximum Gasteiger partial charge on any atom is 0.342 e. The monoisotopic (exact) mass is 584 g/mol. The summed E-state index contributed by atoms with van der Waals surface area (Å²) in [7, 11) is 2.97. The zero-order chi connectivity index (χ0) is 30.4. The predicted molar refractivity (Wildman–Crippen MR) is 152 cm³/mol. The van der Waals surface area contributed by atoms with Crippen LogP contribution in [0.25, 0.3) is 6.08 Å². The summed E-state index contributed by atoms with van der Waals surface area (Å²) in [6.45, 7) is 6.67. The Hall–Kier alpha value is -3.73. The van der Waals surface area contributed by atoms with E-state index in [2.05, 4.69) is 0 Å². The van der Waals surface area contributed by atoms with Gasteiger partial charge in [-0.1, -0.05) is 37.3 Å². The average molecular weight is 585 g/mol. The Morgan fingerprint density at radius 1 is 1.10 bits per heavy atom. The van der Waals surface area contributed by atoms with Crippen molar-refractivity contribution in [3.8, 4) is 11.5 Å². The first-order valence-electron chi connectivity index (χ1n) is 13.7. The van der Waals surface area contributed by atoms with Gasteiger partial charge in [0.25, 0.3) is 0 Å². The smallest absolute Gasteiger partial charge is 0.342 e. The molecule has 0 aromatic heterocycles. The molecule has 10 heteroatoms. The first-order valence-corrected chi connectivity index (χ1v) is 13.7. The Bertz CT molecular complexity index is 1320. The van der Waals surface area contributed by atoms with Gasteiger partial charge in [0.05, 0.1) is 18.8 Å². The van der Waals surface area contributed by atoms with Crippen molar-refractivity contribution < 1.29 is 47.1 Å². The summed E-state index contributed by atoms with van der Waals surface area (Å²) >= 11 is 0. The maximum absolute atomic E-state index is 16.1. The van der Waals surface area contributed by atoms with Crippen LogP contribution in [0.4, 0.5) is 4.39 Å². The van der Waals surface area contributed by atoms with E-state index in [0.29, 0.717) is 11.3 Å². The summed E-state index contributed by atoms with van der Waals surface area (Å²) in [4.78, 5) is 26.5. The van der Waals surface area contributed by atoms with Crippen LogP contribution in [-0.4, -0.2) is 63.2 Å². The van der Waals surface area contributed by atoms with E-state index in [1.54, 1.807) is 82.3 Å². The summed E-state index contributed by atoms with van der Waals surface area (Å²) in [5, 5.41) is 0. The number of methoxy groups -OCH3 is 2. The van der Waals surface area contributed by atoms with Crippen molar-refractivity contribution in [2.45, 2.75) is 64.3 Å². The maximum atomic E-state index is 16.1. The lowest BCUT2D eigenvalue weighted by Crippen LogP contribution is -2.39. The number of carbonyl (C=O) groups excluding carboxylic acids is 2. The molecule has 1 fully saturated rings. The third-order valence-electron chi connectivity index (χ3n) is 7.03. The zero-order valence-electron chi connectivity index (χ0n) is 24.6. The molecule has 5 atom stereocenters. The molecule has 2 aromatic rings. The van der Waals surface area contributed by atoms with E-state index in [9.17, 15) is 9.59 Å². The normalized spacial score (nSPS) is 27.0. The minimum absolute atomic E-state index is 0.108. The third-order valence-corrected chi connectivity index (χ3v) is 7.03. The van der Waals surface area contributed by atoms with Gasteiger partial charge in [0, 0.05) is 19.1 Å². The molecule has 42 heavy (non-hydrogen) atoms. The van der Waals surface area contributed by atoms with Crippen molar-refractivity contribution in [2.75, 3.05) is 21.0 Å². The molecule has 2 aromatic carbocycles. The number of benzene rings is 2. The van der Waals surface area contributed by atoms with Gasteiger partial charge in [0.15, 0.2) is 18.7 Å². The van der Waals surface area contributed by atoms with Crippen LogP contribution in [0, 0.1) is 5.92 Å². The highest BCUT2D eigenvalue weighted by Gasteiger charge is 2.48. The molecule has 0 aliphatic carbocycles. The number of hydrogen-bond acceptors (Lipinski definition) is 9. The van der Waals surface area contributed by atoms with Gasteiger partial charge < -0.3 is 33.2 Å². The molecule has 0 N–H and O–H groups in total. The van der Waals surface area contributed by atoms with E-state index < -0.39 is 53.9 Å². The van der Waals surface area contributed by atoms with E-state index in [1.807, 2.05) is 0 Å².